The molecule has 3 N–H and O–H groups in total. The van der Waals surface area contributed by atoms with E-state index >= 15 is 0 Å². The maximum Gasteiger partial charge on any atom is 0.251 e. The van der Waals surface area contributed by atoms with Crippen molar-refractivity contribution in [3.05, 3.63) is 60.2 Å². The summed E-state index contributed by atoms with van der Waals surface area (Å²) in [6, 6.07) is 14.7. The van der Waals surface area contributed by atoms with E-state index in [0.29, 0.717) is 24.2 Å². The minimum Gasteiger partial charge on any atom is -0.352 e. The molecule has 0 fully saturated rings. The summed E-state index contributed by atoms with van der Waals surface area (Å²) in [6.45, 7) is 2.45. The molecule has 0 unspecified atom stereocenters. The molecule has 27 heavy (non-hydrogen) atoms. The van der Waals surface area contributed by atoms with E-state index in [1.165, 1.54) is 24.3 Å². The van der Waals surface area contributed by atoms with Crippen molar-refractivity contribution in [2.75, 3.05) is 18.4 Å². The van der Waals surface area contributed by atoms with Crippen molar-refractivity contribution >= 4 is 27.5 Å². The third kappa shape index (κ3) is 6.50. The second-order valence-electron chi connectivity index (χ2n) is 5.84. The molecule has 0 radical (unpaired) electrons. The lowest BCUT2D eigenvalue weighted by Crippen LogP contribution is -2.27. The Morgan fingerprint density at radius 1 is 0.926 bits per heavy atom. The number of carbonyl (C=O) groups is 2. The second-order valence-corrected chi connectivity index (χ2v) is 7.61. The number of anilines is 1. The molecule has 0 aliphatic rings. The number of nitrogens with one attached hydrogen (secondary N) is 3. The minimum absolute atomic E-state index is 0.108. The smallest absolute Gasteiger partial charge is 0.251 e. The lowest BCUT2D eigenvalue weighted by atomic mass is 10.2. The maximum atomic E-state index is 12.0. The van der Waals surface area contributed by atoms with Crippen LogP contribution in [0.4, 0.5) is 5.69 Å². The maximum absolute atomic E-state index is 12.0. The van der Waals surface area contributed by atoms with Crippen LogP contribution in [0.25, 0.3) is 0 Å². The van der Waals surface area contributed by atoms with E-state index in [-0.39, 0.29) is 29.7 Å². The van der Waals surface area contributed by atoms with Crippen molar-refractivity contribution in [3.63, 3.8) is 0 Å². The third-order valence-electron chi connectivity index (χ3n) is 3.66. The van der Waals surface area contributed by atoms with Gasteiger partial charge in [0.1, 0.15) is 0 Å². The highest BCUT2D eigenvalue weighted by molar-refractivity contribution is 7.89. The van der Waals surface area contributed by atoms with Crippen LogP contribution >= 0.6 is 0 Å². The molecule has 0 spiro atoms. The molecule has 0 saturated carbocycles. The zero-order chi connectivity index (χ0) is 19.7. The fourth-order valence-corrected chi connectivity index (χ4v) is 3.38. The zero-order valence-corrected chi connectivity index (χ0v) is 15.9. The molecule has 0 aromatic heterocycles. The number of hydrogen-bond acceptors (Lipinski definition) is 4. The van der Waals surface area contributed by atoms with Gasteiger partial charge in [0.2, 0.25) is 15.9 Å². The molecule has 2 amide bonds. The van der Waals surface area contributed by atoms with Crippen molar-refractivity contribution in [3.8, 4) is 0 Å². The molecule has 7 nitrogen and oxygen atoms in total. The van der Waals surface area contributed by atoms with Crippen LogP contribution < -0.4 is 15.4 Å². The fraction of sp³-hybridized carbons (Fsp3) is 0.263. The number of hydrogen-bond donors (Lipinski definition) is 3. The van der Waals surface area contributed by atoms with Gasteiger partial charge in [0.15, 0.2) is 0 Å². The third-order valence-corrected chi connectivity index (χ3v) is 5.14. The molecule has 0 atom stereocenters. The molecule has 8 heteroatoms. The van der Waals surface area contributed by atoms with Gasteiger partial charge in [-0.2, -0.15) is 0 Å². The summed E-state index contributed by atoms with van der Waals surface area (Å²) < 4.78 is 26.5. The molecule has 0 aliphatic carbocycles. The largest absolute Gasteiger partial charge is 0.352 e. The monoisotopic (exact) mass is 389 g/mol. The molecule has 2 rings (SSSR count). The average Bonchev–Trinajstić information content (AvgIpc) is 2.67. The number of rotatable bonds is 9. The van der Waals surface area contributed by atoms with Crippen LogP contribution in [0.15, 0.2) is 59.5 Å². The number of benzene rings is 2. The summed E-state index contributed by atoms with van der Waals surface area (Å²) in [7, 11) is -3.53. The quantitative estimate of drug-likeness (QED) is 0.611. The second kappa shape index (κ2) is 9.84. The van der Waals surface area contributed by atoms with E-state index in [1.807, 2.05) is 13.0 Å². The molecule has 144 valence electrons. The summed E-state index contributed by atoms with van der Waals surface area (Å²) in [6.07, 6.45) is 0.810. The summed E-state index contributed by atoms with van der Waals surface area (Å²) >= 11 is 0. The van der Waals surface area contributed by atoms with E-state index in [2.05, 4.69) is 15.4 Å². The van der Waals surface area contributed by atoms with Gasteiger partial charge in [0.25, 0.3) is 5.91 Å². The minimum atomic E-state index is -3.53. The molecule has 2 aromatic rings. The van der Waals surface area contributed by atoms with Crippen molar-refractivity contribution in [1.82, 2.24) is 10.0 Å². The van der Waals surface area contributed by atoms with Crippen LogP contribution in [0.3, 0.4) is 0 Å². The molecular formula is C19H23N3O4S. The zero-order valence-electron chi connectivity index (χ0n) is 15.1. The van der Waals surface area contributed by atoms with Crippen molar-refractivity contribution in [2.45, 2.75) is 24.7 Å². The predicted octanol–water partition coefficient (Wildman–Crippen LogP) is 2.13. The van der Waals surface area contributed by atoms with Gasteiger partial charge in [-0.25, -0.2) is 13.1 Å². The SMILES string of the molecule is CCCNS(=O)(=O)c1ccc(NC(=O)CCNC(=O)c2ccccc2)cc1. The predicted molar refractivity (Wildman–Crippen MR) is 104 cm³/mol. The molecular weight excluding hydrogens is 366 g/mol. The first-order chi connectivity index (χ1) is 12.9. The molecule has 0 bridgehead atoms. The Balaban J connectivity index is 1.81. The summed E-state index contributed by atoms with van der Waals surface area (Å²) in [5.74, 6) is -0.513. The summed E-state index contributed by atoms with van der Waals surface area (Å²) in [5, 5.41) is 5.35. The van der Waals surface area contributed by atoms with Crippen LogP contribution in [-0.2, 0) is 14.8 Å². The van der Waals surface area contributed by atoms with Gasteiger partial charge in [-0.1, -0.05) is 25.1 Å². The lowest BCUT2D eigenvalue weighted by molar-refractivity contribution is -0.116. The Bertz CT molecular complexity index is 866. The number of sulfonamides is 1. The molecule has 0 saturated heterocycles. The Labute approximate surface area is 159 Å². The van der Waals surface area contributed by atoms with Crippen molar-refractivity contribution in [2.24, 2.45) is 0 Å². The van der Waals surface area contributed by atoms with Gasteiger partial charge in [-0.15, -0.1) is 0 Å². The van der Waals surface area contributed by atoms with E-state index in [0.717, 1.165) is 0 Å². The van der Waals surface area contributed by atoms with Gasteiger partial charge in [0.05, 0.1) is 4.90 Å². The topological polar surface area (TPSA) is 104 Å². The van der Waals surface area contributed by atoms with Crippen LogP contribution in [-0.4, -0.2) is 33.3 Å². The highest BCUT2D eigenvalue weighted by atomic mass is 32.2. The normalized spacial score (nSPS) is 11.0. The fourth-order valence-electron chi connectivity index (χ4n) is 2.24. The van der Waals surface area contributed by atoms with E-state index in [4.69, 9.17) is 0 Å². The van der Waals surface area contributed by atoms with Gasteiger partial charge in [0, 0.05) is 30.8 Å². The first-order valence-corrected chi connectivity index (χ1v) is 10.1. The highest BCUT2D eigenvalue weighted by Gasteiger charge is 2.13. The first-order valence-electron chi connectivity index (χ1n) is 8.65. The van der Waals surface area contributed by atoms with Crippen LogP contribution in [0, 0.1) is 0 Å². The molecule has 2 aromatic carbocycles. The van der Waals surface area contributed by atoms with Crippen LogP contribution in [0.1, 0.15) is 30.1 Å². The Morgan fingerprint density at radius 3 is 2.22 bits per heavy atom. The average molecular weight is 389 g/mol. The summed E-state index contributed by atoms with van der Waals surface area (Å²) in [4.78, 5) is 24.0. The molecule has 0 heterocycles. The van der Waals surface area contributed by atoms with Gasteiger partial charge in [-0.3, -0.25) is 9.59 Å². The Morgan fingerprint density at radius 2 is 1.59 bits per heavy atom. The highest BCUT2D eigenvalue weighted by Crippen LogP contribution is 2.14. The van der Waals surface area contributed by atoms with E-state index in [9.17, 15) is 18.0 Å². The van der Waals surface area contributed by atoms with Crippen molar-refractivity contribution < 1.29 is 18.0 Å². The number of amides is 2. The lowest BCUT2D eigenvalue weighted by Gasteiger charge is -2.09. The van der Waals surface area contributed by atoms with Gasteiger partial charge >= 0.3 is 0 Å². The Kier molecular flexibility index (Phi) is 7.51. The van der Waals surface area contributed by atoms with Gasteiger partial charge in [-0.05, 0) is 42.8 Å². The Hall–Kier alpha value is -2.71. The molecule has 0 aliphatic heterocycles. The summed E-state index contributed by atoms with van der Waals surface area (Å²) in [5.41, 5.74) is 1.02. The van der Waals surface area contributed by atoms with Crippen LogP contribution in [0.5, 0.6) is 0 Å². The standard InChI is InChI=1S/C19H23N3O4S/c1-2-13-21-27(25,26)17-10-8-16(9-11-17)22-18(23)12-14-20-19(24)15-6-4-3-5-7-15/h3-11,21H,2,12-14H2,1H3,(H,20,24)(H,22,23). The number of carbonyl (C=O) groups excluding carboxylic acids is 2. The van der Waals surface area contributed by atoms with E-state index < -0.39 is 10.0 Å². The first kappa shape index (κ1) is 20.6. The van der Waals surface area contributed by atoms with Gasteiger partial charge < -0.3 is 10.6 Å². The van der Waals surface area contributed by atoms with Crippen molar-refractivity contribution in [1.29, 1.82) is 0 Å². The van der Waals surface area contributed by atoms with E-state index in [1.54, 1.807) is 24.3 Å². The van der Waals surface area contributed by atoms with Crippen LogP contribution in [0.2, 0.25) is 0 Å².